The molecule has 0 aromatic rings. The molecular formula is C18H28. The molecule has 0 radical (unpaired) electrons. The molecule has 0 heteroatoms. The van der Waals surface area contributed by atoms with Crippen molar-refractivity contribution in [3.05, 3.63) is 11.6 Å². The van der Waals surface area contributed by atoms with Crippen molar-refractivity contribution in [2.45, 2.75) is 65.7 Å². The highest BCUT2D eigenvalue weighted by Gasteiger charge is 2.65. The second-order valence-electron chi connectivity index (χ2n) is 8.40. The zero-order valence-corrected chi connectivity index (χ0v) is 12.3. The predicted molar refractivity (Wildman–Crippen MR) is 76.3 cm³/mol. The normalized spacial score (nSPS) is 58.1. The maximum absolute atomic E-state index is 2.67. The summed E-state index contributed by atoms with van der Waals surface area (Å²) in [6.07, 6.45) is 13.2. The van der Waals surface area contributed by atoms with Crippen LogP contribution in [0, 0.1) is 34.5 Å². The Morgan fingerprint density at radius 1 is 1.06 bits per heavy atom. The molecule has 0 saturated heterocycles. The lowest BCUT2D eigenvalue weighted by molar-refractivity contribution is -0.0625. The lowest BCUT2D eigenvalue weighted by Gasteiger charge is -2.57. The molecule has 0 aliphatic heterocycles. The van der Waals surface area contributed by atoms with Crippen LogP contribution in [0.4, 0.5) is 0 Å². The number of fused-ring (bicyclic) bond motifs is 5. The second kappa shape index (κ2) is 3.44. The van der Waals surface area contributed by atoms with Crippen LogP contribution in [0.15, 0.2) is 11.6 Å². The summed E-state index contributed by atoms with van der Waals surface area (Å²) in [6, 6.07) is 0. The van der Waals surface area contributed by atoms with Gasteiger partial charge in [0.2, 0.25) is 0 Å². The molecule has 18 heavy (non-hydrogen) atoms. The molecule has 4 rings (SSSR count). The Hall–Kier alpha value is -0.260. The number of rotatable bonds is 0. The first-order valence-corrected chi connectivity index (χ1v) is 8.21. The summed E-state index contributed by atoms with van der Waals surface area (Å²) in [5.41, 5.74) is 3.11. The highest BCUT2D eigenvalue weighted by molar-refractivity contribution is 5.19. The van der Waals surface area contributed by atoms with Crippen molar-refractivity contribution >= 4 is 0 Å². The second-order valence-corrected chi connectivity index (χ2v) is 8.40. The Kier molecular flexibility index (Phi) is 2.21. The lowest BCUT2D eigenvalue weighted by atomic mass is 9.48. The van der Waals surface area contributed by atoms with E-state index in [1.165, 1.54) is 38.5 Å². The van der Waals surface area contributed by atoms with E-state index in [9.17, 15) is 0 Å². The average molecular weight is 244 g/mol. The van der Waals surface area contributed by atoms with Crippen molar-refractivity contribution in [1.82, 2.24) is 0 Å². The van der Waals surface area contributed by atoms with Gasteiger partial charge in [0, 0.05) is 0 Å². The highest BCUT2D eigenvalue weighted by Crippen LogP contribution is 2.73. The molecule has 0 amide bonds. The largest absolute Gasteiger partial charge is 0.0822 e. The summed E-state index contributed by atoms with van der Waals surface area (Å²) in [5.74, 6) is 4.10. The quantitative estimate of drug-likeness (QED) is 0.514. The Bertz CT molecular complexity index is 406. The fraction of sp³-hybridized carbons (Fsp3) is 0.889. The van der Waals surface area contributed by atoms with Gasteiger partial charge in [0.25, 0.3) is 0 Å². The molecule has 0 bridgehead atoms. The summed E-state index contributed by atoms with van der Waals surface area (Å²) >= 11 is 0. The van der Waals surface area contributed by atoms with Crippen molar-refractivity contribution in [2.24, 2.45) is 34.5 Å². The third kappa shape index (κ3) is 1.33. The molecule has 4 aliphatic rings. The Labute approximate surface area is 112 Å². The molecule has 3 saturated carbocycles. The van der Waals surface area contributed by atoms with Crippen molar-refractivity contribution in [3.8, 4) is 0 Å². The molecule has 0 heterocycles. The van der Waals surface area contributed by atoms with Gasteiger partial charge in [-0.1, -0.05) is 25.5 Å². The summed E-state index contributed by atoms with van der Waals surface area (Å²) < 4.78 is 0. The first-order valence-electron chi connectivity index (χ1n) is 8.21. The predicted octanol–water partition coefficient (Wildman–Crippen LogP) is 5.20. The zero-order chi connectivity index (χ0) is 12.5. The molecule has 4 aliphatic carbocycles. The van der Waals surface area contributed by atoms with Gasteiger partial charge in [0.15, 0.2) is 0 Å². The molecule has 6 atom stereocenters. The molecule has 0 spiro atoms. The molecule has 0 nitrogen and oxygen atoms in total. The van der Waals surface area contributed by atoms with Crippen LogP contribution in [0.1, 0.15) is 65.7 Å². The summed E-state index contributed by atoms with van der Waals surface area (Å²) in [5, 5.41) is 0. The molecule has 100 valence electrons. The molecule has 0 N–H and O–H groups in total. The Balaban J connectivity index is 1.70. The third-order valence-electron chi connectivity index (χ3n) is 7.58. The molecule has 0 aromatic heterocycles. The van der Waals surface area contributed by atoms with Crippen LogP contribution in [-0.4, -0.2) is 0 Å². The van der Waals surface area contributed by atoms with Crippen LogP contribution in [0.3, 0.4) is 0 Å². The van der Waals surface area contributed by atoms with Crippen LogP contribution in [-0.2, 0) is 0 Å². The van der Waals surface area contributed by atoms with Gasteiger partial charge in [-0.05, 0) is 86.4 Å². The van der Waals surface area contributed by atoms with Gasteiger partial charge < -0.3 is 0 Å². The van der Waals surface area contributed by atoms with Crippen molar-refractivity contribution in [3.63, 3.8) is 0 Å². The standard InChI is InChI=1S/C18H28/c1-12-4-6-15-13(10-12)5-7-16-17(15,2)9-8-14-11-18(14,16)3/h10,13-16H,4-9,11H2,1-3H3/t13-,14-,15-,16+,17+,18+/m1/s1. The van der Waals surface area contributed by atoms with Crippen molar-refractivity contribution < 1.29 is 0 Å². The minimum Gasteiger partial charge on any atom is -0.0822 e. The van der Waals surface area contributed by atoms with E-state index in [0.29, 0.717) is 5.41 Å². The third-order valence-corrected chi connectivity index (χ3v) is 7.58. The van der Waals surface area contributed by atoms with Crippen LogP contribution in [0.5, 0.6) is 0 Å². The first-order chi connectivity index (χ1) is 8.54. The molecular weight excluding hydrogens is 216 g/mol. The zero-order valence-electron chi connectivity index (χ0n) is 12.3. The summed E-state index contributed by atoms with van der Waals surface area (Å²) in [7, 11) is 0. The topological polar surface area (TPSA) is 0 Å². The van der Waals surface area contributed by atoms with Gasteiger partial charge in [-0.2, -0.15) is 0 Å². The minimum atomic E-state index is 0.682. The molecule has 0 unspecified atom stereocenters. The fourth-order valence-electron chi connectivity index (χ4n) is 6.47. The Morgan fingerprint density at radius 2 is 1.89 bits per heavy atom. The van der Waals surface area contributed by atoms with Gasteiger partial charge in [-0.25, -0.2) is 0 Å². The number of hydrogen-bond acceptors (Lipinski definition) is 0. The lowest BCUT2D eigenvalue weighted by Crippen LogP contribution is -2.49. The van der Waals surface area contributed by atoms with E-state index < -0.39 is 0 Å². The molecule has 0 aromatic carbocycles. The van der Waals surface area contributed by atoms with Crippen molar-refractivity contribution in [1.29, 1.82) is 0 Å². The highest BCUT2D eigenvalue weighted by atomic mass is 14.7. The van der Waals surface area contributed by atoms with E-state index in [-0.39, 0.29) is 0 Å². The number of allylic oxidation sites excluding steroid dienone is 2. The van der Waals surface area contributed by atoms with E-state index >= 15 is 0 Å². The minimum absolute atomic E-state index is 0.682. The van der Waals surface area contributed by atoms with Crippen molar-refractivity contribution in [2.75, 3.05) is 0 Å². The van der Waals surface area contributed by atoms with E-state index in [0.717, 1.165) is 29.1 Å². The van der Waals surface area contributed by atoms with E-state index in [2.05, 4.69) is 26.8 Å². The van der Waals surface area contributed by atoms with Crippen LogP contribution in [0.2, 0.25) is 0 Å². The Morgan fingerprint density at radius 3 is 2.72 bits per heavy atom. The first kappa shape index (κ1) is 11.6. The van der Waals surface area contributed by atoms with E-state index in [1.54, 1.807) is 12.0 Å². The maximum Gasteiger partial charge on any atom is -0.0197 e. The summed E-state index contributed by atoms with van der Waals surface area (Å²) in [6.45, 7) is 7.64. The molecule has 3 fully saturated rings. The summed E-state index contributed by atoms with van der Waals surface area (Å²) in [4.78, 5) is 0. The maximum atomic E-state index is 2.67. The van der Waals surface area contributed by atoms with Gasteiger partial charge >= 0.3 is 0 Å². The van der Waals surface area contributed by atoms with Gasteiger partial charge in [-0.3, -0.25) is 0 Å². The number of hydrogen-bond donors (Lipinski definition) is 0. The van der Waals surface area contributed by atoms with Gasteiger partial charge in [0.05, 0.1) is 0 Å². The van der Waals surface area contributed by atoms with Crippen LogP contribution >= 0.6 is 0 Å². The van der Waals surface area contributed by atoms with E-state index in [1.807, 2.05) is 0 Å². The SMILES string of the molecule is CC1=C[C@H]2CC[C@@H]3[C@@]4(C)C[C@H]4CC[C@@]3(C)[C@@H]2CC1. The smallest absolute Gasteiger partial charge is 0.0197 e. The van der Waals surface area contributed by atoms with E-state index in [4.69, 9.17) is 0 Å². The fourth-order valence-corrected chi connectivity index (χ4v) is 6.47. The van der Waals surface area contributed by atoms with Crippen LogP contribution in [0.25, 0.3) is 0 Å². The average Bonchev–Trinajstić information content (AvgIpc) is 3.00. The van der Waals surface area contributed by atoms with Crippen LogP contribution < -0.4 is 0 Å². The van der Waals surface area contributed by atoms with Gasteiger partial charge in [-0.15, -0.1) is 0 Å². The monoisotopic (exact) mass is 244 g/mol. The van der Waals surface area contributed by atoms with Gasteiger partial charge in [0.1, 0.15) is 0 Å².